The molecule has 0 unspecified atom stereocenters. The highest BCUT2D eigenvalue weighted by molar-refractivity contribution is 5.29. The molecule has 0 aliphatic carbocycles. The molecule has 0 spiro atoms. The summed E-state index contributed by atoms with van der Waals surface area (Å²) in [5.41, 5.74) is 1.28. The van der Waals surface area contributed by atoms with Crippen molar-refractivity contribution in [2.24, 2.45) is 0 Å². The number of hydrogen-bond donors (Lipinski definition) is 0. The predicted molar refractivity (Wildman–Crippen MR) is 51.8 cm³/mol. The zero-order chi connectivity index (χ0) is 8.81. The maximum absolute atomic E-state index is 5.56. The Morgan fingerprint density at radius 1 is 1.42 bits per heavy atom. The Balaban J connectivity index is 2.78. The van der Waals surface area contributed by atoms with Crippen molar-refractivity contribution >= 4 is 0 Å². The van der Waals surface area contributed by atoms with Gasteiger partial charge in [0, 0.05) is 0 Å². The Morgan fingerprint density at radius 3 is 2.92 bits per heavy atom. The first kappa shape index (κ1) is 9.11. The lowest BCUT2D eigenvalue weighted by molar-refractivity contribution is 0.224. The minimum Gasteiger partial charge on any atom is -0.494 e. The number of rotatable bonds is 1. The van der Waals surface area contributed by atoms with E-state index in [0.29, 0.717) is 0 Å². The lowest BCUT2D eigenvalue weighted by Gasteiger charge is -2.07. The smallest absolute Gasteiger partial charge is 0.118 e. The van der Waals surface area contributed by atoms with Gasteiger partial charge in [-0.25, -0.2) is 0 Å². The molecule has 0 amide bonds. The Morgan fingerprint density at radius 2 is 2.25 bits per heavy atom. The van der Waals surface area contributed by atoms with Crippen LogP contribution in [0.3, 0.4) is 0 Å². The fourth-order valence-electron chi connectivity index (χ4n) is 1.39. The molecule has 0 saturated carbocycles. The van der Waals surface area contributed by atoms with Gasteiger partial charge in [0.2, 0.25) is 0 Å². The van der Waals surface area contributed by atoms with Gasteiger partial charge in [0.25, 0.3) is 0 Å². The van der Waals surface area contributed by atoms with Gasteiger partial charge in [-0.2, -0.15) is 0 Å². The second-order valence-corrected chi connectivity index (χ2v) is 2.89. The quantitative estimate of drug-likeness (QED) is 0.578. The van der Waals surface area contributed by atoms with Gasteiger partial charge in [-0.15, -0.1) is 0 Å². The van der Waals surface area contributed by atoms with Gasteiger partial charge in [-0.05, 0) is 37.8 Å². The van der Waals surface area contributed by atoms with Crippen molar-refractivity contribution in [3.8, 4) is 0 Å². The molecule has 1 nitrogen and oxygen atoms in total. The maximum Gasteiger partial charge on any atom is 0.118 e. The minimum atomic E-state index is 0.855. The molecule has 1 rings (SSSR count). The fourth-order valence-corrected chi connectivity index (χ4v) is 1.39. The van der Waals surface area contributed by atoms with Gasteiger partial charge < -0.3 is 4.74 Å². The molecule has 1 saturated heterocycles. The van der Waals surface area contributed by atoms with E-state index in [-0.39, 0.29) is 0 Å². The fraction of sp³-hybridized carbons (Fsp3) is 0.455. The molecular formula is C11H16O. The first-order valence-electron chi connectivity index (χ1n) is 4.49. The molecule has 0 atom stereocenters. The van der Waals surface area contributed by atoms with Gasteiger partial charge in [0.1, 0.15) is 5.76 Å². The Bertz CT molecular complexity index is 211. The van der Waals surface area contributed by atoms with Crippen molar-refractivity contribution in [1.29, 1.82) is 0 Å². The Labute approximate surface area is 74.4 Å². The molecule has 0 aromatic carbocycles. The summed E-state index contributed by atoms with van der Waals surface area (Å²) in [6.45, 7) is 6.56. The van der Waals surface area contributed by atoms with Crippen LogP contribution < -0.4 is 0 Å². The molecule has 12 heavy (non-hydrogen) atoms. The van der Waals surface area contributed by atoms with Gasteiger partial charge in [-0.1, -0.05) is 18.7 Å². The Hall–Kier alpha value is -0.980. The average Bonchev–Trinajstić information content (AvgIpc) is 2.30. The molecule has 1 heteroatoms. The maximum atomic E-state index is 5.56. The van der Waals surface area contributed by atoms with E-state index in [4.69, 9.17) is 4.74 Å². The molecule has 66 valence electrons. The van der Waals surface area contributed by atoms with E-state index in [1.807, 2.05) is 25.2 Å². The summed E-state index contributed by atoms with van der Waals surface area (Å²) < 4.78 is 5.56. The lowest BCUT2D eigenvalue weighted by atomic mass is 10.1. The second-order valence-electron chi connectivity index (χ2n) is 2.89. The third-order valence-corrected chi connectivity index (χ3v) is 2.00. The third kappa shape index (κ3) is 2.26. The van der Waals surface area contributed by atoms with E-state index in [1.54, 1.807) is 0 Å². The van der Waals surface area contributed by atoms with Crippen LogP contribution in [0.2, 0.25) is 0 Å². The normalized spacial score (nSPS) is 25.1. The summed E-state index contributed by atoms with van der Waals surface area (Å²) in [6.07, 6.45) is 9.39. The molecule has 1 aliphatic heterocycles. The van der Waals surface area contributed by atoms with E-state index >= 15 is 0 Å². The van der Waals surface area contributed by atoms with Crippen LogP contribution in [0.25, 0.3) is 0 Å². The van der Waals surface area contributed by atoms with E-state index in [2.05, 4.69) is 6.58 Å². The van der Waals surface area contributed by atoms with Crippen LogP contribution in [-0.2, 0) is 4.74 Å². The van der Waals surface area contributed by atoms with E-state index in [0.717, 1.165) is 25.2 Å². The zero-order valence-corrected chi connectivity index (χ0v) is 7.68. The standard InChI is InChI=1S/C11H16O/c1-3-7-10-8-5-6-9-12-11(10)4-2/h3-4,7H,1,5-6,8-9H2,2H3/b10-7-,11-4+. The molecule has 0 radical (unpaired) electrons. The summed E-state index contributed by atoms with van der Waals surface area (Å²) in [5, 5.41) is 0. The van der Waals surface area contributed by atoms with Gasteiger partial charge in [-0.3, -0.25) is 0 Å². The molecule has 1 aliphatic rings. The Kier molecular flexibility index (Phi) is 3.65. The topological polar surface area (TPSA) is 9.23 Å². The van der Waals surface area contributed by atoms with Gasteiger partial charge in [0.05, 0.1) is 6.61 Å². The van der Waals surface area contributed by atoms with Crippen LogP contribution >= 0.6 is 0 Å². The van der Waals surface area contributed by atoms with Crippen LogP contribution in [0.4, 0.5) is 0 Å². The van der Waals surface area contributed by atoms with Gasteiger partial charge >= 0.3 is 0 Å². The molecule has 0 N–H and O–H groups in total. The van der Waals surface area contributed by atoms with Crippen molar-refractivity contribution in [1.82, 2.24) is 0 Å². The molecule has 0 aromatic rings. The summed E-state index contributed by atoms with van der Waals surface area (Å²) in [4.78, 5) is 0. The number of allylic oxidation sites excluding steroid dienone is 4. The van der Waals surface area contributed by atoms with Crippen molar-refractivity contribution in [3.63, 3.8) is 0 Å². The van der Waals surface area contributed by atoms with Crippen LogP contribution in [-0.4, -0.2) is 6.61 Å². The van der Waals surface area contributed by atoms with E-state index in [1.165, 1.54) is 12.0 Å². The summed E-state index contributed by atoms with van der Waals surface area (Å²) in [6, 6.07) is 0. The van der Waals surface area contributed by atoms with E-state index in [9.17, 15) is 0 Å². The van der Waals surface area contributed by atoms with Crippen LogP contribution in [0, 0.1) is 0 Å². The third-order valence-electron chi connectivity index (χ3n) is 2.00. The van der Waals surface area contributed by atoms with Crippen LogP contribution in [0.1, 0.15) is 26.2 Å². The van der Waals surface area contributed by atoms with Crippen molar-refractivity contribution in [2.45, 2.75) is 26.2 Å². The van der Waals surface area contributed by atoms with Crippen LogP contribution in [0.5, 0.6) is 0 Å². The van der Waals surface area contributed by atoms with Crippen molar-refractivity contribution < 1.29 is 4.74 Å². The van der Waals surface area contributed by atoms with E-state index < -0.39 is 0 Å². The van der Waals surface area contributed by atoms with Crippen molar-refractivity contribution in [2.75, 3.05) is 6.61 Å². The largest absolute Gasteiger partial charge is 0.494 e. The van der Waals surface area contributed by atoms with Gasteiger partial charge in [0.15, 0.2) is 0 Å². The highest BCUT2D eigenvalue weighted by Crippen LogP contribution is 2.22. The number of ether oxygens (including phenoxy) is 1. The summed E-state index contributed by atoms with van der Waals surface area (Å²) in [5.74, 6) is 1.03. The summed E-state index contributed by atoms with van der Waals surface area (Å²) >= 11 is 0. The lowest BCUT2D eigenvalue weighted by Crippen LogP contribution is -1.92. The van der Waals surface area contributed by atoms with Crippen molar-refractivity contribution in [3.05, 3.63) is 36.1 Å². The van der Waals surface area contributed by atoms with Crippen LogP contribution in [0.15, 0.2) is 36.1 Å². The molecule has 0 aromatic heterocycles. The number of hydrogen-bond acceptors (Lipinski definition) is 1. The zero-order valence-electron chi connectivity index (χ0n) is 7.68. The highest BCUT2D eigenvalue weighted by Gasteiger charge is 2.08. The first-order chi connectivity index (χ1) is 5.88. The average molecular weight is 164 g/mol. The SMILES string of the molecule is C=C/C=C1/CCCCO/C1=C/C. The first-order valence-corrected chi connectivity index (χ1v) is 4.49. The monoisotopic (exact) mass is 164 g/mol. The minimum absolute atomic E-state index is 0.855. The second kappa shape index (κ2) is 4.81. The molecule has 1 heterocycles. The highest BCUT2D eigenvalue weighted by atomic mass is 16.5. The molecule has 1 fully saturated rings. The predicted octanol–water partition coefficient (Wildman–Crippen LogP) is 3.20. The molecular weight excluding hydrogens is 148 g/mol. The molecule has 0 bridgehead atoms. The summed E-state index contributed by atoms with van der Waals surface area (Å²) in [7, 11) is 0.